The van der Waals surface area contributed by atoms with Gasteiger partial charge in [0.2, 0.25) is 0 Å². The maximum Gasteiger partial charge on any atom is 0.255 e. The van der Waals surface area contributed by atoms with Crippen LogP contribution in [0.4, 0.5) is 14.5 Å². The summed E-state index contributed by atoms with van der Waals surface area (Å²) in [6.07, 6.45) is 6.78. The molecular weight excluding hydrogens is 376 g/mol. The number of nitrogens with zero attached hydrogens (tertiary/aromatic N) is 3. The van der Waals surface area contributed by atoms with Crippen molar-refractivity contribution in [1.29, 1.82) is 0 Å². The van der Waals surface area contributed by atoms with Crippen LogP contribution in [0.3, 0.4) is 0 Å². The first-order chi connectivity index (χ1) is 14.1. The second kappa shape index (κ2) is 8.48. The molecule has 8 heteroatoms. The predicted octanol–water partition coefficient (Wildman–Crippen LogP) is 3.83. The van der Waals surface area contributed by atoms with E-state index in [1.807, 2.05) is 12.3 Å². The van der Waals surface area contributed by atoms with Crippen molar-refractivity contribution < 1.29 is 13.6 Å². The van der Waals surface area contributed by atoms with Crippen molar-refractivity contribution in [2.24, 2.45) is 0 Å². The average molecular weight is 397 g/mol. The lowest BCUT2D eigenvalue weighted by atomic mass is 10.2. The topological polar surface area (TPSA) is 71.8 Å². The summed E-state index contributed by atoms with van der Waals surface area (Å²) in [5.41, 5.74) is 1.95. The zero-order valence-corrected chi connectivity index (χ0v) is 15.7. The minimum Gasteiger partial charge on any atom is -0.322 e. The molecule has 1 fully saturated rings. The third-order valence-corrected chi connectivity index (χ3v) is 4.96. The van der Waals surface area contributed by atoms with Gasteiger partial charge in [0.25, 0.3) is 5.91 Å². The Hall–Kier alpha value is -3.13. The number of carbonyl (C=O) groups is 1. The lowest BCUT2D eigenvalue weighted by molar-refractivity contribution is 0.102. The van der Waals surface area contributed by atoms with Crippen LogP contribution in [0.1, 0.15) is 41.7 Å². The number of nitrogens with one attached hydrogen (secondary N) is 2. The molecule has 0 radical (unpaired) electrons. The minimum atomic E-state index is -0.801. The number of halogens is 2. The van der Waals surface area contributed by atoms with Crippen LogP contribution in [0.2, 0.25) is 0 Å². The molecule has 0 aliphatic heterocycles. The first kappa shape index (κ1) is 19.2. The molecule has 1 saturated carbocycles. The maximum absolute atomic E-state index is 13.3. The van der Waals surface area contributed by atoms with Crippen LogP contribution >= 0.6 is 0 Å². The van der Waals surface area contributed by atoms with E-state index in [-0.39, 0.29) is 5.56 Å². The third-order valence-electron chi connectivity index (χ3n) is 4.96. The Morgan fingerprint density at radius 3 is 2.62 bits per heavy atom. The number of carbonyl (C=O) groups excluding carboxylic acids is 1. The number of hydrogen-bond donors (Lipinski definition) is 2. The van der Waals surface area contributed by atoms with Crippen LogP contribution in [0.15, 0.2) is 48.7 Å². The fraction of sp³-hybridized carbons (Fsp3) is 0.286. The van der Waals surface area contributed by atoms with E-state index in [2.05, 4.69) is 20.9 Å². The summed E-state index contributed by atoms with van der Waals surface area (Å²) in [4.78, 5) is 12.3. The SMILES string of the molecule is O=C(Nc1cccc(-n2cc(CNC3CCCC3)nn2)c1)c1cc(F)cc(F)c1. The van der Waals surface area contributed by atoms with Gasteiger partial charge in [-0.15, -0.1) is 5.10 Å². The van der Waals surface area contributed by atoms with Crippen LogP contribution in [-0.4, -0.2) is 26.9 Å². The molecule has 2 N–H and O–H groups in total. The van der Waals surface area contributed by atoms with Crippen LogP contribution < -0.4 is 10.6 Å². The number of rotatable bonds is 6. The molecular formula is C21H21F2N5O. The molecule has 1 aliphatic carbocycles. The second-order valence-electron chi connectivity index (χ2n) is 7.18. The zero-order valence-electron chi connectivity index (χ0n) is 15.7. The summed E-state index contributed by atoms with van der Waals surface area (Å²) in [7, 11) is 0. The van der Waals surface area contributed by atoms with Crippen molar-refractivity contribution in [3.8, 4) is 5.69 Å². The van der Waals surface area contributed by atoms with Gasteiger partial charge in [-0.3, -0.25) is 4.79 Å². The van der Waals surface area contributed by atoms with E-state index in [1.54, 1.807) is 22.9 Å². The van der Waals surface area contributed by atoms with Crippen molar-refractivity contribution >= 4 is 11.6 Å². The van der Waals surface area contributed by atoms with Crippen LogP contribution in [-0.2, 0) is 6.54 Å². The molecule has 0 bridgehead atoms. The number of benzene rings is 2. The molecule has 150 valence electrons. The monoisotopic (exact) mass is 397 g/mol. The Kier molecular flexibility index (Phi) is 5.62. The predicted molar refractivity (Wildman–Crippen MR) is 105 cm³/mol. The van der Waals surface area contributed by atoms with E-state index in [1.165, 1.54) is 25.7 Å². The Morgan fingerprint density at radius 2 is 1.86 bits per heavy atom. The number of amides is 1. The molecule has 6 nitrogen and oxygen atoms in total. The van der Waals surface area contributed by atoms with Crippen molar-refractivity contribution in [3.05, 3.63) is 71.6 Å². The molecule has 0 saturated heterocycles. The van der Waals surface area contributed by atoms with E-state index in [0.717, 1.165) is 23.9 Å². The summed E-state index contributed by atoms with van der Waals surface area (Å²) < 4.78 is 28.3. The summed E-state index contributed by atoms with van der Waals surface area (Å²) in [6.45, 7) is 0.659. The zero-order chi connectivity index (χ0) is 20.2. The third kappa shape index (κ3) is 4.83. The molecule has 29 heavy (non-hydrogen) atoms. The van der Waals surface area contributed by atoms with E-state index in [9.17, 15) is 13.6 Å². The molecule has 1 aromatic heterocycles. The highest BCUT2D eigenvalue weighted by molar-refractivity contribution is 6.04. The fourth-order valence-corrected chi connectivity index (χ4v) is 3.50. The summed E-state index contributed by atoms with van der Waals surface area (Å²) >= 11 is 0. The van der Waals surface area contributed by atoms with Gasteiger partial charge >= 0.3 is 0 Å². The summed E-state index contributed by atoms with van der Waals surface area (Å²) in [5, 5.41) is 14.5. The molecule has 1 heterocycles. The van der Waals surface area contributed by atoms with Crippen LogP contribution in [0.25, 0.3) is 5.69 Å². The largest absolute Gasteiger partial charge is 0.322 e. The fourth-order valence-electron chi connectivity index (χ4n) is 3.50. The number of hydrogen-bond acceptors (Lipinski definition) is 4. The molecule has 0 unspecified atom stereocenters. The molecule has 1 aliphatic rings. The molecule has 3 aromatic rings. The van der Waals surface area contributed by atoms with Gasteiger partial charge in [0.05, 0.1) is 17.6 Å². The Balaban J connectivity index is 1.43. The highest BCUT2D eigenvalue weighted by atomic mass is 19.1. The molecule has 0 atom stereocenters. The first-order valence-electron chi connectivity index (χ1n) is 9.59. The first-order valence-corrected chi connectivity index (χ1v) is 9.59. The Labute approximate surface area is 166 Å². The lowest BCUT2D eigenvalue weighted by Crippen LogP contribution is -2.25. The van der Waals surface area contributed by atoms with Gasteiger partial charge in [-0.05, 0) is 43.2 Å². The molecule has 0 spiro atoms. The minimum absolute atomic E-state index is 0.0890. The standard InChI is InChI=1S/C21H21F2N5O/c22-15-8-14(9-16(23)10-15)21(29)25-18-6-3-7-20(11-18)28-13-19(26-27-28)12-24-17-4-1-2-5-17/h3,6-11,13,17,24H,1-2,4-5,12H2,(H,25,29). The molecule has 4 rings (SSSR count). The van der Waals surface area contributed by atoms with Crippen molar-refractivity contribution in [2.75, 3.05) is 5.32 Å². The normalized spacial score (nSPS) is 14.3. The molecule has 2 aromatic carbocycles. The van der Waals surface area contributed by atoms with Gasteiger partial charge in [0, 0.05) is 29.9 Å². The van der Waals surface area contributed by atoms with Gasteiger partial charge < -0.3 is 10.6 Å². The quantitative estimate of drug-likeness (QED) is 0.663. The highest BCUT2D eigenvalue weighted by Crippen LogP contribution is 2.19. The van der Waals surface area contributed by atoms with Gasteiger partial charge in [0.1, 0.15) is 11.6 Å². The Morgan fingerprint density at radius 1 is 1.10 bits per heavy atom. The van der Waals surface area contributed by atoms with Crippen molar-refractivity contribution in [1.82, 2.24) is 20.3 Å². The maximum atomic E-state index is 13.3. The van der Waals surface area contributed by atoms with E-state index < -0.39 is 17.5 Å². The smallest absolute Gasteiger partial charge is 0.255 e. The number of anilines is 1. The highest BCUT2D eigenvalue weighted by Gasteiger charge is 2.15. The summed E-state index contributed by atoms with van der Waals surface area (Å²) in [6, 6.07) is 10.3. The van der Waals surface area contributed by atoms with E-state index in [4.69, 9.17) is 0 Å². The molecule has 1 amide bonds. The van der Waals surface area contributed by atoms with Crippen LogP contribution in [0.5, 0.6) is 0 Å². The van der Waals surface area contributed by atoms with Gasteiger partial charge in [-0.1, -0.05) is 24.1 Å². The number of aromatic nitrogens is 3. The summed E-state index contributed by atoms with van der Waals surface area (Å²) in [5.74, 6) is -2.20. The van der Waals surface area contributed by atoms with E-state index in [0.29, 0.717) is 24.0 Å². The van der Waals surface area contributed by atoms with Gasteiger partial charge in [-0.25, -0.2) is 13.5 Å². The average Bonchev–Trinajstić information content (AvgIpc) is 3.38. The van der Waals surface area contributed by atoms with Crippen molar-refractivity contribution in [3.63, 3.8) is 0 Å². The van der Waals surface area contributed by atoms with Crippen molar-refractivity contribution in [2.45, 2.75) is 38.3 Å². The van der Waals surface area contributed by atoms with Crippen LogP contribution in [0, 0.1) is 11.6 Å². The van der Waals surface area contributed by atoms with Gasteiger partial charge in [0.15, 0.2) is 0 Å². The lowest BCUT2D eigenvalue weighted by Gasteiger charge is -2.09. The Bertz CT molecular complexity index is 994. The van der Waals surface area contributed by atoms with E-state index >= 15 is 0 Å². The van der Waals surface area contributed by atoms with Gasteiger partial charge in [-0.2, -0.15) is 0 Å². The second-order valence-corrected chi connectivity index (χ2v) is 7.18.